The summed E-state index contributed by atoms with van der Waals surface area (Å²) in [6.45, 7) is 10.2. The summed E-state index contributed by atoms with van der Waals surface area (Å²) in [6, 6.07) is 8.30. The third-order valence-electron chi connectivity index (χ3n) is 3.41. The lowest BCUT2D eigenvalue weighted by Crippen LogP contribution is -2.11. The van der Waals surface area contributed by atoms with Gasteiger partial charge in [0.2, 0.25) is 5.89 Å². The molecular formula is C16H22N2O2S. The highest BCUT2D eigenvalue weighted by Crippen LogP contribution is 2.24. The van der Waals surface area contributed by atoms with Gasteiger partial charge >= 0.3 is 0 Å². The quantitative estimate of drug-likeness (QED) is 0.864. The maximum Gasteiger partial charge on any atom is 0.242 e. The van der Waals surface area contributed by atoms with Gasteiger partial charge < -0.3 is 4.52 Å². The molecule has 0 aliphatic carbocycles. The minimum absolute atomic E-state index is 0.131. The zero-order valence-corrected chi connectivity index (χ0v) is 14.0. The summed E-state index contributed by atoms with van der Waals surface area (Å²) in [5, 5.41) is 3.49. The Balaban J connectivity index is 2.06. The summed E-state index contributed by atoms with van der Waals surface area (Å²) < 4.78 is 17.5. The molecule has 114 valence electrons. The molecule has 0 saturated heterocycles. The molecule has 0 unspecified atom stereocenters. The van der Waals surface area contributed by atoms with Crippen molar-refractivity contribution < 1.29 is 8.73 Å². The van der Waals surface area contributed by atoms with Crippen molar-refractivity contribution in [2.24, 2.45) is 0 Å². The van der Waals surface area contributed by atoms with Gasteiger partial charge in [-0.25, -0.2) is 0 Å². The fraction of sp³-hybridized carbons (Fsp3) is 0.500. The van der Waals surface area contributed by atoms with E-state index in [-0.39, 0.29) is 10.7 Å². The number of aryl methyl sites for hydroxylation is 1. The van der Waals surface area contributed by atoms with Gasteiger partial charge in [-0.2, -0.15) is 4.98 Å². The zero-order valence-electron chi connectivity index (χ0n) is 13.2. The summed E-state index contributed by atoms with van der Waals surface area (Å²) in [5.41, 5.74) is 2.47. The molecule has 0 saturated carbocycles. The second-order valence-corrected chi connectivity index (χ2v) is 8.05. The second kappa shape index (κ2) is 6.10. The van der Waals surface area contributed by atoms with Crippen molar-refractivity contribution >= 4 is 10.8 Å². The Labute approximate surface area is 128 Å². The van der Waals surface area contributed by atoms with Crippen LogP contribution in [0.25, 0.3) is 0 Å². The van der Waals surface area contributed by atoms with Crippen molar-refractivity contribution in [3.63, 3.8) is 0 Å². The molecule has 1 aromatic carbocycles. The summed E-state index contributed by atoms with van der Waals surface area (Å²) in [6.07, 6.45) is 0. The van der Waals surface area contributed by atoms with E-state index in [4.69, 9.17) is 4.52 Å². The molecule has 0 bridgehead atoms. The van der Waals surface area contributed by atoms with E-state index < -0.39 is 10.8 Å². The Morgan fingerprint density at radius 1 is 1.24 bits per heavy atom. The Kier molecular flexibility index (Phi) is 4.61. The molecule has 0 aliphatic heterocycles. The molecule has 2 aromatic rings. The molecule has 0 radical (unpaired) electrons. The first-order chi connectivity index (χ1) is 9.77. The maximum absolute atomic E-state index is 12.4. The fourth-order valence-electron chi connectivity index (χ4n) is 1.98. The van der Waals surface area contributed by atoms with E-state index in [0.29, 0.717) is 17.5 Å². The molecule has 0 spiro atoms. The summed E-state index contributed by atoms with van der Waals surface area (Å²) in [4.78, 5) is 4.15. The van der Waals surface area contributed by atoms with E-state index in [1.54, 1.807) is 6.92 Å². The van der Waals surface area contributed by atoms with Gasteiger partial charge in [-0.1, -0.05) is 50.2 Å². The Hall–Kier alpha value is -1.49. The molecule has 1 aromatic heterocycles. The van der Waals surface area contributed by atoms with Crippen LogP contribution in [0.15, 0.2) is 28.8 Å². The third kappa shape index (κ3) is 4.00. The lowest BCUT2D eigenvalue weighted by atomic mass is 9.87. The normalized spacial score (nSPS) is 14.9. The number of hydrogen-bond acceptors (Lipinski definition) is 4. The molecule has 2 rings (SSSR count). The van der Waals surface area contributed by atoms with Crippen molar-refractivity contribution in [2.45, 2.75) is 51.0 Å². The van der Waals surface area contributed by atoms with Gasteiger partial charge in [0.05, 0.1) is 0 Å². The average molecular weight is 306 g/mol. The molecule has 21 heavy (non-hydrogen) atoms. The van der Waals surface area contributed by atoms with Crippen molar-refractivity contribution in [1.29, 1.82) is 0 Å². The van der Waals surface area contributed by atoms with Crippen molar-refractivity contribution in [3.05, 3.63) is 47.1 Å². The smallest absolute Gasteiger partial charge is 0.242 e. The van der Waals surface area contributed by atoms with Gasteiger partial charge in [0, 0.05) is 16.6 Å². The van der Waals surface area contributed by atoms with Gasteiger partial charge in [0.1, 0.15) is 5.25 Å². The van der Waals surface area contributed by atoms with Crippen LogP contribution in [-0.4, -0.2) is 14.3 Å². The zero-order chi connectivity index (χ0) is 15.6. The number of hydrogen-bond donors (Lipinski definition) is 0. The van der Waals surface area contributed by atoms with Crippen LogP contribution in [0.2, 0.25) is 0 Å². The number of aromatic nitrogens is 2. The monoisotopic (exact) mass is 306 g/mol. The first-order valence-electron chi connectivity index (χ1n) is 7.04. The van der Waals surface area contributed by atoms with Crippen LogP contribution < -0.4 is 0 Å². The van der Waals surface area contributed by atoms with E-state index in [0.717, 1.165) is 5.56 Å². The Bertz CT molecular complexity index is 626. The van der Waals surface area contributed by atoms with Crippen LogP contribution >= 0.6 is 0 Å². The Morgan fingerprint density at radius 3 is 2.33 bits per heavy atom. The number of rotatable bonds is 4. The van der Waals surface area contributed by atoms with Gasteiger partial charge in [-0.3, -0.25) is 4.21 Å². The molecule has 0 aliphatic rings. The summed E-state index contributed by atoms with van der Waals surface area (Å²) in [5.74, 6) is 1.51. The van der Waals surface area contributed by atoms with Crippen molar-refractivity contribution in [2.75, 3.05) is 0 Å². The first kappa shape index (κ1) is 15.9. The van der Waals surface area contributed by atoms with E-state index >= 15 is 0 Å². The first-order valence-corrected chi connectivity index (χ1v) is 8.42. The molecule has 0 amide bonds. The lowest BCUT2D eigenvalue weighted by Gasteiger charge is -2.19. The predicted octanol–water partition coefficient (Wildman–Crippen LogP) is 3.69. The van der Waals surface area contributed by atoms with Crippen molar-refractivity contribution in [1.82, 2.24) is 10.1 Å². The SMILES string of the molecule is Cc1noc([C@@H](C)[S@](=O)Cc2ccc(C(C)(C)C)cc2)n1. The van der Waals surface area contributed by atoms with Gasteiger partial charge in [-0.05, 0) is 30.4 Å². The number of nitrogens with zero attached hydrogens (tertiary/aromatic N) is 2. The second-order valence-electron chi connectivity index (χ2n) is 6.29. The number of benzene rings is 1. The molecule has 5 heteroatoms. The standard InChI is InChI=1S/C16H22N2O2S/c1-11(15-17-12(2)18-20-15)21(19)10-13-6-8-14(9-7-13)16(3,4)5/h6-9,11H,10H2,1-5H3/t11-,21-/m1/s1. The highest BCUT2D eigenvalue weighted by molar-refractivity contribution is 7.84. The summed E-state index contributed by atoms with van der Waals surface area (Å²) in [7, 11) is -1.08. The average Bonchev–Trinajstić information content (AvgIpc) is 2.84. The Morgan fingerprint density at radius 2 is 1.86 bits per heavy atom. The summed E-state index contributed by atoms with van der Waals surface area (Å²) >= 11 is 0. The van der Waals surface area contributed by atoms with Crippen LogP contribution in [0.5, 0.6) is 0 Å². The third-order valence-corrected chi connectivity index (χ3v) is 5.02. The van der Waals surface area contributed by atoms with Crippen LogP contribution in [0.3, 0.4) is 0 Å². The highest BCUT2D eigenvalue weighted by Gasteiger charge is 2.20. The molecule has 1 heterocycles. The van der Waals surface area contributed by atoms with Gasteiger partial charge in [0.15, 0.2) is 5.82 Å². The van der Waals surface area contributed by atoms with Crippen LogP contribution in [-0.2, 0) is 22.0 Å². The maximum atomic E-state index is 12.4. The minimum Gasteiger partial charge on any atom is -0.338 e. The van der Waals surface area contributed by atoms with E-state index in [1.807, 2.05) is 19.1 Å². The van der Waals surface area contributed by atoms with E-state index in [9.17, 15) is 4.21 Å². The minimum atomic E-state index is -1.08. The van der Waals surface area contributed by atoms with Crippen LogP contribution in [0, 0.1) is 6.92 Å². The molecule has 4 nitrogen and oxygen atoms in total. The molecule has 0 fully saturated rings. The lowest BCUT2D eigenvalue weighted by molar-refractivity contribution is 0.375. The van der Waals surface area contributed by atoms with E-state index in [2.05, 4.69) is 43.0 Å². The molecule has 0 N–H and O–H groups in total. The topological polar surface area (TPSA) is 56.0 Å². The highest BCUT2D eigenvalue weighted by atomic mass is 32.2. The van der Waals surface area contributed by atoms with Crippen LogP contribution in [0.4, 0.5) is 0 Å². The van der Waals surface area contributed by atoms with E-state index in [1.165, 1.54) is 5.56 Å². The van der Waals surface area contributed by atoms with Gasteiger partial charge in [-0.15, -0.1) is 0 Å². The molecular weight excluding hydrogens is 284 g/mol. The largest absolute Gasteiger partial charge is 0.338 e. The molecule has 2 atom stereocenters. The van der Waals surface area contributed by atoms with Crippen LogP contribution in [0.1, 0.15) is 55.8 Å². The fourth-order valence-corrected chi connectivity index (χ4v) is 3.07. The van der Waals surface area contributed by atoms with Gasteiger partial charge in [0.25, 0.3) is 0 Å². The predicted molar refractivity (Wildman–Crippen MR) is 84.4 cm³/mol. The van der Waals surface area contributed by atoms with Crippen molar-refractivity contribution in [3.8, 4) is 0 Å².